The fraction of sp³-hybridized carbons (Fsp3) is 0.688. The van der Waals surface area contributed by atoms with Gasteiger partial charge in [0.15, 0.2) is 5.96 Å². The molecule has 0 bridgehead atoms. The summed E-state index contributed by atoms with van der Waals surface area (Å²) in [5.41, 5.74) is 1.06. The van der Waals surface area contributed by atoms with E-state index < -0.39 is 0 Å². The number of thiazole rings is 1. The number of carbonyl (C=O) groups excluding carboxylic acids is 1. The van der Waals surface area contributed by atoms with Gasteiger partial charge < -0.3 is 19.9 Å². The lowest BCUT2D eigenvalue weighted by atomic mass is 10.3. The quantitative estimate of drug-likeness (QED) is 0.407. The molecular weight excluding hydrogens is 453 g/mol. The highest BCUT2D eigenvalue weighted by molar-refractivity contribution is 14.0. The maximum Gasteiger partial charge on any atom is 0.409 e. The van der Waals surface area contributed by atoms with Gasteiger partial charge >= 0.3 is 6.09 Å². The summed E-state index contributed by atoms with van der Waals surface area (Å²) < 4.78 is 5.06. The van der Waals surface area contributed by atoms with E-state index in [1.54, 1.807) is 16.2 Å². The maximum atomic E-state index is 11.8. The molecule has 1 aromatic heterocycles. The number of amides is 1. The minimum absolute atomic E-state index is 0. The molecule has 0 saturated carbocycles. The Bertz CT molecular complexity index is 585. The van der Waals surface area contributed by atoms with Gasteiger partial charge in [0.25, 0.3) is 0 Å². The molecule has 1 aliphatic rings. The van der Waals surface area contributed by atoms with E-state index in [2.05, 4.69) is 22.1 Å². The number of guanidine groups is 1. The Morgan fingerprint density at radius 1 is 1.24 bits per heavy atom. The summed E-state index contributed by atoms with van der Waals surface area (Å²) in [6.07, 6.45) is -0.227. The van der Waals surface area contributed by atoms with Crippen molar-refractivity contribution in [1.29, 1.82) is 0 Å². The fourth-order valence-corrected chi connectivity index (χ4v) is 3.47. The molecule has 0 spiro atoms. The second-order valence-electron chi connectivity index (χ2n) is 5.58. The lowest BCUT2D eigenvalue weighted by molar-refractivity contribution is 0.0914. The normalized spacial score (nSPS) is 15.0. The molecule has 2 heterocycles. The average Bonchev–Trinajstić information content (AvgIpc) is 2.89. The number of rotatable bonds is 4. The Kier molecular flexibility index (Phi) is 9.47. The van der Waals surface area contributed by atoms with Gasteiger partial charge in [0, 0.05) is 37.6 Å². The zero-order valence-electron chi connectivity index (χ0n) is 15.4. The fourth-order valence-electron chi connectivity index (χ4n) is 2.61. The number of piperazine rings is 1. The molecule has 1 amide bonds. The summed E-state index contributed by atoms with van der Waals surface area (Å²) >= 11 is 1.70. The van der Waals surface area contributed by atoms with Crippen molar-refractivity contribution in [3.63, 3.8) is 0 Å². The molecule has 7 nitrogen and oxygen atoms in total. The second-order valence-corrected chi connectivity index (χ2v) is 6.87. The van der Waals surface area contributed by atoms with Crippen molar-refractivity contribution in [2.24, 2.45) is 4.99 Å². The molecule has 0 aliphatic carbocycles. The van der Waals surface area contributed by atoms with Crippen molar-refractivity contribution >= 4 is 47.4 Å². The van der Waals surface area contributed by atoms with Crippen LogP contribution in [0.4, 0.5) is 4.79 Å². The van der Waals surface area contributed by atoms with Crippen LogP contribution < -0.4 is 5.32 Å². The van der Waals surface area contributed by atoms with E-state index in [0.717, 1.165) is 36.3 Å². The number of aromatic nitrogens is 1. The molecule has 0 aromatic carbocycles. The Morgan fingerprint density at radius 3 is 2.40 bits per heavy atom. The van der Waals surface area contributed by atoms with E-state index >= 15 is 0 Å². The SMILES string of the molecule is CCNC(=NCc1sc(C)nc1C)N1CCN(C(=O)OCC)CC1.I. The predicted octanol–water partition coefficient (Wildman–Crippen LogP) is 2.62. The summed E-state index contributed by atoms with van der Waals surface area (Å²) in [4.78, 5) is 26.1. The van der Waals surface area contributed by atoms with Crippen LogP contribution in [0.1, 0.15) is 29.4 Å². The topological polar surface area (TPSA) is 70.1 Å². The highest BCUT2D eigenvalue weighted by atomic mass is 127. The number of hydrogen-bond donors (Lipinski definition) is 1. The van der Waals surface area contributed by atoms with Gasteiger partial charge in [0.1, 0.15) is 0 Å². The summed E-state index contributed by atoms with van der Waals surface area (Å²) in [7, 11) is 0. The van der Waals surface area contributed by atoms with E-state index in [0.29, 0.717) is 26.2 Å². The molecule has 1 aromatic rings. The number of nitrogens with one attached hydrogen (secondary N) is 1. The molecular formula is C16H28IN5O2S. The third-order valence-electron chi connectivity index (χ3n) is 3.81. The second kappa shape index (κ2) is 10.8. The first-order chi connectivity index (χ1) is 11.5. The minimum Gasteiger partial charge on any atom is -0.450 e. The van der Waals surface area contributed by atoms with Gasteiger partial charge in [-0.2, -0.15) is 0 Å². The number of aliphatic imine (C=N–C) groups is 1. The van der Waals surface area contributed by atoms with Crippen molar-refractivity contribution in [1.82, 2.24) is 20.1 Å². The van der Waals surface area contributed by atoms with Gasteiger partial charge in [0.2, 0.25) is 0 Å². The van der Waals surface area contributed by atoms with Gasteiger partial charge in [-0.25, -0.2) is 14.8 Å². The molecule has 1 fully saturated rings. The zero-order chi connectivity index (χ0) is 17.5. The number of ether oxygens (including phenoxy) is 1. The lowest BCUT2D eigenvalue weighted by Gasteiger charge is -2.35. The van der Waals surface area contributed by atoms with Crippen LogP contribution in [-0.4, -0.2) is 66.2 Å². The minimum atomic E-state index is -0.227. The first kappa shape index (κ1) is 21.9. The van der Waals surface area contributed by atoms with Gasteiger partial charge in [0.05, 0.1) is 23.9 Å². The van der Waals surface area contributed by atoms with Crippen molar-refractivity contribution in [3.8, 4) is 0 Å². The number of aryl methyl sites for hydroxylation is 2. The Balaban J connectivity index is 0.00000312. The Morgan fingerprint density at radius 2 is 1.88 bits per heavy atom. The van der Waals surface area contributed by atoms with E-state index in [1.807, 2.05) is 20.8 Å². The number of halogens is 1. The summed E-state index contributed by atoms with van der Waals surface area (Å²) in [6, 6.07) is 0. The van der Waals surface area contributed by atoms with E-state index in [9.17, 15) is 4.79 Å². The Labute approximate surface area is 170 Å². The van der Waals surface area contributed by atoms with E-state index in [1.165, 1.54) is 4.88 Å². The maximum absolute atomic E-state index is 11.8. The first-order valence-electron chi connectivity index (χ1n) is 8.43. The summed E-state index contributed by atoms with van der Waals surface area (Å²) in [5, 5.41) is 4.42. The highest BCUT2D eigenvalue weighted by Gasteiger charge is 2.23. The van der Waals surface area contributed by atoms with Gasteiger partial charge in [-0.05, 0) is 27.7 Å². The van der Waals surface area contributed by atoms with Crippen LogP contribution in [0.5, 0.6) is 0 Å². The van der Waals surface area contributed by atoms with Crippen molar-refractivity contribution in [3.05, 3.63) is 15.6 Å². The predicted molar refractivity (Wildman–Crippen MR) is 112 cm³/mol. The smallest absolute Gasteiger partial charge is 0.409 e. The Hall–Kier alpha value is -1.10. The molecule has 9 heteroatoms. The number of hydrogen-bond acceptors (Lipinski definition) is 5. The molecule has 0 radical (unpaired) electrons. The third kappa shape index (κ3) is 6.28. The largest absolute Gasteiger partial charge is 0.450 e. The molecule has 2 rings (SSSR count). The lowest BCUT2D eigenvalue weighted by Crippen LogP contribution is -2.53. The zero-order valence-corrected chi connectivity index (χ0v) is 18.5. The molecule has 0 unspecified atom stereocenters. The number of nitrogens with zero attached hydrogens (tertiary/aromatic N) is 4. The monoisotopic (exact) mass is 481 g/mol. The van der Waals surface area contributed by atoms with Crippen molar-refractivity contribution in [2.75, 3.05) is 39.3 Å². The summed E-state index contributed by atoms with van der Waals surface area (Å²) in [6.45, 7) is 12.6. The van der Waals surface area contributed by atoms with Crippen LogP contribution in [0.15, 0.2) is 4.99 Å². The van der Waals surface area contributed by atoms with Crippen LogP contribution in [0.3, 0.4) is 0 Å². The molecule has 0 atom stereocenters. The van der Waals surface area contributed by atoms with Crippen LogP contribution in [0, 0.1) is 13.8 Å². The molecule has 1 N–H and O–H groups in total. The van der Waals surface area contributed by atoms with Gasteiger partial charge in [-0.3, -0.25) is 0 Å². The molecule has 25 heavy (non-hydrogen) atoms. The van der Waals surface area contributed by atoms with Crippen LogP contribution >= 0.6 is 35.3 Å². The highest BCUT2D eigenvalue weighted by Crippen LogP contribution is 2.18. The van der Waals surface area contributed by atoms with Crippen molar-refractivity contribution < 1.29 is 9.53 Å². The van der Waals surface area contributed by atoms with E-state index in [4.69, 9.17) is 9.73 Å². The summed E-state index contributed by atoms with van der Waals surface area (Å²) in [5.74, 6) is 0.895. The van der Waals surface area contributed by atoms with Crippen LogP contribution in [0.25, 0.3) is 0 Å². The molecule has 1 aliphatic heterocycles. The molecule has 142 valence electrons. The van der Waals surface area contributed by atoms with Crippen LogP contribution in [0.2, 0.25) is 0 Å². The van der Waals surface area contributed by atoms with E-state index in [-0.39, 0.29) is 30.1 Å². The van der Waals surface area contributed by atoms with Crippen LogP contribution in [-0.2, 0) is 11.3 Å². The number of carbonyl (C=O) groups is 1. The third-order valence-corrected chi connectivity index (χ3v) is 4.87. The average molecular weight is 481 g/mol. The van der Waals surface area contributed by atoms with Gasteiger partial charge in [-0.15, -0.1) is 35.3 Å². The molecule has 1 saturated heterocycles. The van der Waals surface area contributed by atoms with Crippen molar-refractivity contribution in [2.45, 2.75) is 34.2 Å². The van der Waals surface area contributed by atoms with Gasteiger partial charge in [-0.1, -0.05) is 0 Å². The standard InChI is InChI=1S/C16H27N5O2S.HI/c1-5-17-15(18-11-14-12(3)19-13(4)24-14)20-7-9-21(10-8-20)16(22)23-6-2;/h5-11H2,1-4H3,(H,17,18);1H. The first-order valence-corrected chi connectivity index (χ1v) is 9.24.